The lowest BCUT2D eigenvalue weighted by molar-refractivity contribution is 0.382. The van der Waals surface area contributed by atoms with Crippen LogP contribution in [0.15, 0.2) is 42.5 Å². The fourth-order valence-corrected chi connectivity index (χ4v) is 3.33. The maximum Gasteiger partial charge on any atom is 0.0595 e. The van der Waals surface area contributed by atoms with E-state index in [0.29, 0.717) is 16.0 Å². The van der Waals surface area contributed by atoms with E-state index in [1.54, 1.807) is 0 Å². The Morgan fingerprint density at radius 3 is 2.50 bits per heavy atom. The van der Waals surface area contributed by atoms with Crippen molar-refractivity contribution in [2.45, 2.75) is 25.3 Å². The molecule has 2 unspecified atom stereocenters. The summed E-state index contributed by atoms with van der Waals surface area (Å²) in [6.45, 7) is 0. The zero-order valence-corrected chi connectivity index (χ0v) is 12.7. The SMILES string of the molecule is NC(c1ccc(Cl)c(Cl)c1)C1CCc2ccccc2C1. The molecular weight excluding hydrogens is 289 g/mol. The Labute approximate surface area is 129 Å². The van der Waals surface area contributed by atoms with Gasteiger partial charge in [-0.3, -0.25) is 0 Å². The Bertz CT molecular complexity index is 624. The molecule has 3 heteroatoms. The molecule has 2 aromatic rings. The Balaban J connectivity index is 1.82. The molecule has 1 aliphatic carbocycles. The van der Waals surface area contributed by atoms with E-state index in [-0.39, 0.29) is 6.04 Å². The number of hydrogen-bond donors (Lipinski definition) is 1. The topological polar surface area (TPSA) is 26.0 Å². The van der Waals surface area contributed by atoms with Crippen molar-refractivity contribution in [3.63, 3.8) is 0 Å². The molecule has 2 N–H and O–H groups in total. The lowest BCUT2D eigenvalue weighted by Crippen LogP contribution is -2.27. The van der Waals surface area contributed by atoms with Crippen molar-refractivity contribution in [1.82, 2.24) is 0 Å². The van der Waals surface area contributed by atoms with Gasteiger partial charge in [0.2, 0.25) is 0 Å². The molecule has 0 saturated carbocycles. The molecule has 2 aromatic carbocycles. The van der Waals surface area contributed by atoms with Gasteiger partial charge in [-0.1, -0.05) is 53.5 Å². The summed E-state index contributed by atoms with van der Waals surface area (Å²) >= 11 is 12.1. The molecule has 0 aromatic heterocycles. The number of fused-ring (bicyclic) bond motifs is 1. The quantitative estimate of drug-likeness (QED) is 0.847. The highest BCUT2D eigenvalue weighted by Crippen LogP contribution is 2.34. The van der Waals surface area contributed by atoms with Gasteiger partial charge < -0.3 is 5.73 Å². The Hall–Kier alpha value is -1.02. The van der Waals surface area contributed by atoms with Crippen LogP contribution in [0.1, 0.15) is 29.2 Å². The van der Waals surface area contributed by atoms with E-state index in [0.717, 1.165) is 24.8 Å². The molecular formula is C17H17Cl2N. The summed E-state index contributed by atoms with van der Waals surface area (Å²) in [4.78, 5) is 0. The van der Waals surface area contributed by atoms with Crippen molar-refractivity contribution in [1.29, 1.82) is 0 Å². The van der Waals surface area contributed by atoms with Crippen molar-refractivity contribution < 1.29 is 0 Å². The third-order valence-electron chi connectivity index (χ3n) is 4.22. The average Bonchev–Trinajstić information content (AvgIpc) is 2.49. The minimum Gasteiger partial charge on any atom is -0.324 e. The number of aryl methyl sites for hydroxylation is 1. The number of halogens is 2. The molecule has 1 nitrogen and oxygen atoms in total. The van der Waals surface area contributed by atoms with Gasteiger partial charge in [0.1, 0.15) is 0 Å². The summed E-state index contributed by atoms with van der Waals surface area (Å²) in [5.41, 5.74) is 10.4. The first-order chi connectivity index (χ1) is 9.65. The van der Waals surface area contributed by atoms with E-state index in [1.165, 1.54) is 11.1 Å². The van der Waals surface area contributed by atoms with Gasteiger partial charge in [0.15, 0.2) is 0 Å². The lowest BCUT2D eigenvalue weighted by Gasteiger charge is -2.29. The summed E-state index contributed by atoms with van der Waals surface area (Å²) in [6, 6.07) is 14.4. The summed E-state index contributed by atoms with van der Waals surface area (Å²) < 4.78 is 0. The first kappa shape index (κ1) is 13.9. The fourth-order valence-electron chi connectivity index (χ4n) is 3.02. The number of hydrogen-bond acceptors (Lipinski definition) is 1. The second-order valence-electron chi connectivity index (χ2n) is 5.47. The van der Waals surface area contributed by atoms with E-state index >= 15 is 0 Å². The summed E-state index contributed by atoms with van der Waals surface area (Å²) in [5.74, 6) is 0.460. The second kappa shape index (κ2) is 5.77. The predicted molar refractivity (Wildman–Crippen MR) is 85.3 cm³/mol. The van der Waals surface area contributed by atoms with Gasteiger partial charge >= 0.3 is 0 Å². The van der Waals surface area contributed by atoms with Crippen LogP contribution in [0, 0.1) is 5.92 Å². The van der Waals surface area contributed by atoms with E-state index in [2.05, 4.69) is 24.3 Å². The van der Waals surface area contributed by atoms with Gasteiger partial charge in [-0.15, -0.1) is 0 Å². The standard InChI is InChI=1S/C17H17Cl2N/c18-15-8-7-14(10-16(15)19)17(20)13-6-5-11-3-1-2-4-12(11)9-13/h1-4,7-8,10,13,17H,5-6,9,20H2. The predicted octanol–water partition coefficient (Wildman–Crippen LogP) is 4.80. The summed E-state index contributed by atoms with van der Waals surface area (Å²) in [5, 5.41) is 1.16. The van der Waals surface area contributed by atoms with Gasteiger partial charge in [-0.05, 0) is 54.0 Å². The lowest BCUT2D eigenvalue weighted by atomic mass is 9.78. The molecule has 0 amide bonds. The molecule has 0 bridgehead atoms. The molecule has 0 heterocycles. The third kappa shape index (κ3) is 2.71. The van der Waals surface area contributed by atoms with Gasteiger partial charge in [-0.2, -0.15) is 0 Å². The van der Waals surface area contributed by atoms with Crippen molar-refractivity contribution in [3.8, 4) is 0 Å². The molecule has 2 atom stereocenters. The Morgan fingerprint density at radius 2 is 1.75 bits per heavy atom. The average molecular weight is 306 g/mol. The number of rotatable bonds is 2. The smallest absolute Gasteiger partial charge is 0.0595 e. The van der Waals surface area contributed by atoms with Crippen LogP contribution >= 0.6 is 23.2 Å². The van der Waals surface area contributed by atoms with Gasteiger partial charge in [-0.25, -0.2) is 0 Å². The third-order valence-corrected chi connectivity index (χ3v) is 4.96. The van der Waals surface area contributed by atoms with E-state index in [9.17, 15) is 0 Å². The van der Waals surface area contributed by atoms with Crippen LogP contribution in [0.2, 0.25) is 10.0 Å². The van der Waals surface area contributed by atoms with Gasteiger partial charge in [0, 0.05) is 6.04 Å². The Morgan fingerprint density at radius 1 is 1.00 bits per heavy atom. The van der Waals surface area contributed by atoms with Crippen molar-refractivity contribution >= 4 is 23.2 Å². The fraction of sp³-hybridized carbons (Fsp3) is 0.294. The van der Waals surface area contributed by atoms with Gasteiger partial charge in [0.25, 0.3) is 0 Å². The maximum atomic E-state index is 6.44. The molecule has 0 aliphatic heterocycles. The first-order valence-electron chi connectivity index (χ1n) is 6.92. The first-order valence-corrected chi connectivity index (χ1v) is 7.68. The molecule has 20 heavy (non-hydrogen) atoms. The van der Waals surface area contributed by atoms with E-state index < -0.39 is 0 Å². The van der Waals surface area contributed by atoms with Gasteiger partial charge in [0.05, 0.1) is 10.0 Å². The normalized spacial score (nSPS) is 19.4. The Kier molecular flexibility index (Phi) is 4.02. The number of benzene rings is 2. The van der Waals surface area contributed by atoms with Crippen LogP contribution in [-0.2, 0) is 12.8 Å². The summed E-state index contributed by atoms with van der Waals surface area (Å²) in [7, 11) is 0. The molecule has 104 valence electrons. The van der Waals surface area contributed by atoms with Crippen LogP contribution in [-0.4, -0.2) is 0 Å². The maximum absolute atomic E-state index is 6.44. The highest BCUT2D eigenvalue weighted by molar-refractivity contribution is 6.42. The highest BCUT2D eigenvalue weighted by Gasteiger charge is 2.25. The molecule has 1 aliphatic rings. The van der Waals surface area contributed by atoms with Crippen LogP contribution < -0.4 is 5.73 Å². The minimum absolute atomic E-state index is 0.0122. The van der Waals surface area contributed by atoms with Crippen LogP contribution in [0.5, 0.6) is 0 Å². The van der Waals surface area contributed by atoms with Crippen LogP contribution in [0.25, 0.3) is 0 Å². The van der Waals surface area contributed by atoms with Crippen molar-refractivity contribution in [3.05, 3.63) is 69.2 Å². The monoisotopic (exact) mass is 305 g/mol. The summed E-state index contributed by atoms with van der Waals surface area (Å²) in [6.07, 6.45) is 3.27. The zero-order chi connectivity index (χ0) is 14.1. The number of nitrogens with two attached hydrogens (primary N) is 1. The molecule has 0 fully saturated rings. The molecule has 0 radical (unpaired) electrons. The van der Waals surface area contributed by atoms with Crippen LogP contribution in [0.4, 0.5) is 0 Å². The minimum atomic E-state index is 0.0122. The van der Waals surface area contributed by atoms with E-state index in [1.807, 2.05) is 18.2 Å². The molecule has 3 rings (SSSR count). The largest absolute Gasteiger partial charge is 0.324 e. The second-order valence-corrected chi connectivity index (χ2v) is 6.29. The van der Waals surface area contributed by atoms with Crippen LogP contribution in [0.3, 0.4) is 0 Å². The molecule has 0 saturated heterocycles. The van der Waals surface area contributed by atoms with Crippen molar-refractivity contribution in [2.24, 2.45) is 11.7 Å². The van der Waals surface area contributed by atoms with E-state index in [4.69, 9.17) is 28.9 Å². The van der Waals surface area contributed by atoms with Crippen molar-refractivity contribution in [2.75, 3.05) is 0 Å². The zero-order valence-electron chi connectivity index (χ0n) is 11.2. The molecule has 0 spiro atoms. The highest BCUT2D eigenvalue weighted by atomic mass is 35.5.